The molecule has 0 unspecified atom stereocenters. The Kier molecular flexibility index (Phi) is 4.07. The molecule has 2 rings (SSSR count). The molecule has 1 saturated heterocycles. The first kappa shape index (κ1) is 13.9. The fourth-order valence-electron chi connectivity index (χ4n) is 1.77. The summed E-state index contributed by atoms with van der Waals surface area (Å²) in [5, 5.41) is 18.6. The maximum Gasteiger partial charge on any atom is 0.343 e. The zero-order valence-corrected chi connectivity index (χ0v) is 12.2. The van der Waals surface area contributed by atoms with Crippen molar-refractivity contribution >= 4 is 32.1 Å². The van der Waals surface area contributed by atoms with Crippen LogP contribution < -0.4 is 11.2 Å². The van der Waals surface area contributed by atoms with Gasteiger partial charge in [0.05, 0.1) is 28.9 Å². The van der Waals surface area contributed by atoms with E-state index in [-0.39, 0.29) is 17.5 Å². The van der Waals surface area contributed by atoms with Crippen LogP contribution in [0.5, 0.6) is 0 Å². The summed E-state index contributed by atoms with van der Waals surface area (Å²) >= 11 is 5.88. The third-order valence-corrected chi connectivity index (χ3v) is 3.89. The van der Waals surface area contributed by atoms with Gasteiger partial charge >= 0.3 is 5.69 Å². The van der Waals surface area contributed by atoms with Gasteiger partial charge in [-0.25, -0.2) is 4.79 Å². The molecule has 0 aliphatic carbocycles. The van der Waals surface area contributed by atoms with E-state index in [1.807, 2.05) is 0 Å². The summed E-state index contributed by atoms with van der Waals surface area (Å²) in [6, 6.07) is 0. The molecular weight excluding hydrogens is 376 g/mol. The second-order valence-electron chi connectivity index (χ2n) is 3.87. The van der Waals surface area contributed by atoms with Gasteiger partial charge in [0.1, 0.15) is 16.8 Å². The minimum absolute atomic E-state index is 0.169. The number of halogens is 2. The molecule has 1 aromatic rings. The molecule has 3 atom stereocenters. The van der Waals surface area contributed by atoms with E-state index in [0.717, 1.165) is 3.59 Å². The van der Waals surface area contributed by atoms with E-state index in [4.69, 9.17) is 9.84 Å². The van der Waals surface area contributed by atoms with Gasteiger partial charge in [0, 0.05) is 12.6 Å². The van der Waals surface area contributed by atoms with Crippen LogP contribution in [0.3, 0.4) is 0 Å². The van der Waals surface area contributed by atoms with Crippen LogP contribution in [0.25, 0.3) is 0 Å². The Morgan fingerprint density at radius 1 is 1.50 bits per heavy atom. The summed E-state index contributed by atoms with van der Waals surface area (Å²) in [6.45, 7) is -0.332. The van der Waals surface area contributed by atoms with Gasteiger partial charge in [-0.15, -0.1) is 0 Å². The summed E-state index contributed by atoms with van der Waals surface area (Å²) in [5.41, 5.74) is -1.13. The van der Waals surface area contributed by atoms with Crippen LogP contribution in [0.2, 0.25) is 0 Å². The topological polar surface area (TPSA) is 93.7 Å². The molecule has 7 nitrogen and oxygen atoms in total. The van der Waals surface area contributed by atoms with Gasteiger partial charge in [-0.05, 0) is 15.9 Å². The van der Waals surface area contributed by atoms with Crippen molar-refractivity contribution in [1.82, 2.24) is 8.16 Å². The lowest BCUT2D eigenvalue weighted by Gasteiger charge is -2.15. The van der Waals surface area contributed by atoms with Crippen molar-refractivity contribution in [3.8, 4) is 0 Å². The smallest absolute Gasteiger partial charge is 0.343 e. The molecule has 0 amide bonds. The maximum atomic E-state index is 11.9. The highest BCUT2D eigenvalue weighted by Crippen LogP contribution is 2.27. The molecule has 1 aliphatic heterocycles. The number of aliphatic hydroxyl groups is 2. The van der Waals surface area contributed by atoms with Crippen LogP contribution in [-0.2, 0) is 4.74 Å². The lowest BCUT2D eigenvalue weighted by Crippen LogP contribution is -2.37. The van der Waals surface area contributed by atoms with E-state index in [9.17, 15) is 14.7 Å². The molecule has 1 aliphatic rings. The first-order chi connectivity index (χ1) is 8.45. The number of nitrogens with zero attached hydrogens (tertiary/aromatic N) is 2. The van der Waals surface area contributed by atoms with Crippen LogP contribution in [0.1, 0.15) is 12.6 Å². The molecule has 1 fully saturated rings. The Balaban J connectivity index is 2.42. The average Bonchev–Trinajstić information content (AvgIpc) is 2.72. The Morgan fingerprint density at radius 3 is 2.72 bits per heavy atom. The molecule has 1 aromatic heterocycles. The minimum atomic E-state index is -0.846. The van der Waals surface area contributed by atoms with Crippen LogP contribution in [0.15, 0.2) is 20.3 Å². The van der Waals surface area contributed by atoms with Crippen molar-refractivity contribution in [3.63, 3.8) is 0 Å². The Labute approximate surface area is 118 Å². The number of rotatable bonds is 2. The maximum absolute atomic E-state index is 11.9. The third-order valence-electron chi connectivity index (χ3n) is 2.72. The monoisotopic (exact) mass is 384 g/mol. The molecule has 2 heterocycles. The normalized spacial score (nSPS) is 27.7. The van der Waals surface area contributed by atoms with Crippen molar-refractivity contribution in [1.29, 1.82) is 0 Å². The molecular formula is C9H10Br2N2O5. The molecule has 0 radical (unpaired) electrons. The Morgan fingerprint density at radius 2 is 2.17 bits per heavy atom. The van der Waals surface area contributed by atoms with Crippen molar-refractivity contribution in [2.24, 2.45) is 0 Å². The first-order valence-electron chi connectivity index (χ1n) is 5.10. The second-order valence-corrected chi connectivity index (χ2v) is 5.43. The number of ether oxygens (including phenoxy) is 1. The number of aromatic nitrogens is 2. The highest BCUT2D eigenvalue weighted by atomic mass is 79.9. The summed E-state index contributed by atoms with van der Waals surface area (Å²) in [7, 11) is 0. The van der Waals surface area contributed by atoms with Crippen molar-refractivity contribution < 1.29 is 14.9 Å². The van der Waals surface area contributed by atoms with E-state index < -0.39 is 29.7 Å². The average molecular weight is 386 g/mol. The Bertz CT molecular complexity index is 569. The summed E-state index contributed by atoms with van der Waals surface area (Å²) in [4.78, 5) is 23.3. The van der Waals surface area contributed by atoms with E-state index in [1.165, 1.54) is 10.8 Å². The molecule has 2 N–H and O–H groups in total. The number of hydrogen-bond donors (Lipinski definition) is 2. The molecule has 0 spiro atoms. The minimum Gasteiger partial charge on any atom is -0.394 e. The van der Waals surface area contributed by atoms with E-state index >= 15 is 0 Å². The zero-order valence-electron chi connectivity index (χ0n) is 8.99. The van der Waals surface area contributed by atoms with Gasteiger partial charge < -0.3 is 14.9 Å². The molecule has 0 aromatic carbocycles. The molecule has 18 heavy (non-hydrogen) atoms. The second kappa shape index (κ2) is 5.25. The van der Waals surface area contributed by atoms with Crippen molar-refractivity contribution in [2.45, 2.75) is 24.9 Å². The highest BCUT2D eigenvalue weighted by molar-refractivity contribution is 9.10. The Hall–Kier alpha value is -0.480. The fraction of sp³-hybridized carbons (Fsp3) is 0.556. The number of hydrogen-bond acceptors (Lipinski definition) is 5. The summed E-state index contributed by atoms with van der Waals surface area (Å²) in [5.74, 6) is 0. The summed E-state index contributed by atoms with van der Waals surface area (Å²) < 4.78 is 7.47. The number of aliphatic hydroxyl groups excluding tert-OH is 2. The zero-order chi connectivity index (χ0) is 13.4. The van der Waals surface area contributed by atoms with E-state index in [1.54, 1.807) is 0 Å². The molecule has 100 valence electrons. The van der Waals surface area contributed by atoms with E-state index in [2.05, 4.69) is 32.1 Å². The standard InChI is InChI=1S/C9H10Br2N2O5/c10-4-2-12(9(17)13(11)8(4)16)7-1-5(15)6(3-14)18-7/h2,5-7,14-15H,1,3H2/t5-,6+,7+/m0/s1. The van der Waals surface area contributed by atoms with E-state index in [0.29, 0.717) is 0 Å². The van der Waals surface area contributed by atoms with Crippen LogP contribution >= 0.6 is 32.1 Å². The van der Waals surface area contributed by atoms with Crippen LogP contribution in [0, 0.1) is 0 Å². The van der Waals surface area contributed by atoms with Crippen molar-refractivity contribution in [3.05, 3.63) is 31.5 Å². The van der Waals surface area contributed by atoms with Gasteiger partial charge in [-0.1, -0.05) is 0 Å². The van der Waals surface area contributed by atoms with Gasteiger partial charge in [-0.2, -0.15) is 3.59 Å². The molecule has 9 heteroatoms. The van der Waals surface area contributed by atoms with Gasteiger partial charge in [0.2, 0.25) is 0 Å². The van der Waals surface area contributed by atoms with Gasteiger partial charge in [0.25, 0.3) is 5.56 Å². The lowest BCUT2D eigenvalue weighted by molar-refractivity contribution is -0.0460. The van der Waals surface area contributed by atoms with Crippen LogP contribution in [0.4, 0.5) is 0 Å². The quantitative estimate of drug-likeness (QED) is 0.720. The predicted octanol–water partition coefficient (Wildman–Crippen LogP) is -0.429. The fourth-order valence-corrected chi connectivity index (χ4v) is 2.78. The highest BCUT2D eigenvalue weighted by Gasteiger charge is 2.35. The third kappa shape index (κ3) is 2.32. The molecule has 0 saturated carbocycles. The van der Waals surface area contributed by atoms with Gasteiger partial charge in [-0.3, -0.25) is 9.36 Å². The SMILES string of the molecule is O=c1c(Br)cn([C@H]2C[C@H](O)[C@@H](CO)O2)c(=O)n1Br. The van der Waals surface area contributed by atoms with Crippen LogP contribution in [-0.4, -0.2) is 37.2 Å². The van der Waals surface area contributed by atoms with Gasteiger partial charge in [0.15, 0.2) is 0 Å². The summed E-state index contributed by atoms with van der Waals surface area (Å²) in [6.07, 6.45) is -0.814. The lowest BCUT2D eigenvalue weighted by atomic mass is 10.2. The van der Waals surface area contributed by atoms with Crippen molar-refractivity contribution in [2.75, 3.05) is 6.61 Å². The molecule has 0 bridgehead atoms. The largest absolute Gasteiger partial charge is 0.394 e. The predicted molar refractivity (Wildman–Crippen MR) is 68.6 cm³/mol. The first-order valence-corrected chi connectivity index (χ1v) is 6.60.